The molecule has 1 aliphatic rings. The molecule has 88 valence electrons. The van der Waals surface area contributed by atoms with Gasteiger partial charge in [-0.25, -0.2) is 9.79 Å². The van der Waals surface area contributed by atoms with E-state index in [0.717, 1.165) is 0 Å². The second-order valence-electron chi connectivity index (χ2n) is 3.36. The Bertz CT molecular complexity index is 315. The van der Waals surface area contributed by atoms with Gasteiger partial charge in [-0.15, -0.1) is 0 Å². The van der Waals surface area contributed by atoms with Gasteiger partial charge in [0.15, 0.2) is 0 Å². The van der Waals surface area contributed by atoms with Crippen LogP contribution in [0, 0.1) is 0 Å². The summed E-state index contributed by atoms with van der Waals surface area (Å²) in [6, 6.07) is -1.23. The van der Waals surface area contributed by atoms with E-state index in [1.54, 1.807) is 6.21 Å². The van der Waals surface area contributed by atoms with E-state index < -0.39 is 12.0 Å². The molecule has 0 saturated carbocycles. The highest BCUT2D eigenvalue weighted by Gasteiger charge is 2.23. The summed E-state index contributed by atoms with van der Waals surface area (Å²) >= 11 is 0. The Hall–Kier alpha value is -1.76. The number of nitrogens with two attached hydrogens (primary N) is 1. The van der Waals surface area contributed by atoms with Crippen molar-refractivity contribution in [1.82, 2.24) is 5.32 Å². The summed E-state index contributed by atoms with van der Waals surface area (Å²) in [5, 5.41) is 11.3. The average molecular weight is 226 g/mol. The summed E-state index contributed by atoms with van der Waals surface area (Å²) in [6.07, 6.45) is 3.23. The van der Waals surface area contributed by atoms with E-state index in [1.165, 1.54) is 6.34 Å². The molecule has 0 spiro atoms. The van der Waals surface area contributed by atoms with E-state index in [2.05, 4.69) is 15.3 Å². The van der Waals surface area contributed by atoms with Crippen molar-refractivity contribution >= 4 is 24.4 Å². The van der Waals surface area contributed by atoms with E-state index in [-0.39, 0.29) is 31.3 Å². The minimum Gasteiger partial charge on any atom is -0.480 e. The topological polar surface area (TPSA) is 117 Å². The Morgan fingerprint density at radius 3 is 2.81 bits per heavy atom. The first-order valence-electron chi connectivity index (χ1n) is 4.90. The quantitative estimate of drug-likeness (QED) is 0.526. The molecule has 7 nitrogen and oxygen atoms in total. The molecule has 0 aromatic heterocycles. The Morgan fingerprint density at radius 1 is 1.56 bits per heavy atom. The third-order valence-electron chi connectivity index (χ3n) is 2.06. The van der Waals surface area contributed by atoms with Gasteiger partial charge in [0.2, 0.25) is 5.91 Å². The van der Waals surface area contributed by atoms with Crippen LogP contribution in [0.15, 0.2) is 9.98 Å². The van der Waals surface area contributed by atoms with Crippen LogP contribution in [0.2, 0.25) is 0 Å². The maximum atomic E-state index is 11.2. The number of carboxylic acid groups (broad SMARTS) is 1. The summed E-state index contributed by atoms with van der Waals surface area (Å²) in [4.78, 5) is 29.8. The van der Waals surface area contributed by atoms with Crippen molar-refractivity contribution < 1.29 is 14.7 Å². The predicted octanol–water partition coefficient (Wildman–Crippen LogP) is -1.22. The van der Waals surface area contributed by atoms with Crippen molar-refractivity contribution in [3.63, 3.8) is 0 Å². The number of nitrogens with zero attached hydrogens (tertiary/aromatic N) is 2. The predicted molar refractivity (Wildman–Crippen MR) is 58.6 cm³/mol. The summed E-state index contributed by atoms with van der Waals surface area (Å²) in [7, 11) is 0. The van der Waals surface area contributed by atoms with Gasteiger partial charge in [-0.1, -0.05) is 0 Å². The summed E-state index contributed by atoms with van der Waals surface area (Å²) < 4.78 is 0. The zero-order valence-electron chi connectivity index (χ0n) is 8.67. The van der Waals surface area contributed by atoms with Crippen LogP contribution in [0.25, 0.3) is 0 Å². The van der Waals surface area contributed by atoms with E-state index in [4.69, 9.17) is 10.8 Å². The van der Waals surface area contributed by atoms with Gasteiger partial charge in [0.25, 0.3) is 0 Å². The Balaban J connectivity index is 2.47. The highest BCUT2D eigenvalue weighted by molar-refractivity contribution is 5.86. The first-order chi connectivity index (χ1) is 7.63. The van der Waals surface area contributed by atoms with Gasteiger partial charge in [0.05, 0.1) is 6.04 Å². The highest BCUT2D eigenvalue weighted by Crippen LogP contribution is 2.04. The van der Waals surface area contributed by atoms with Crippen LogP contribution in [-0.2, 0) is 9.59 Å². The van der Waals surface area contributed by atoms with Crippen LogP contribution >= 0.6 is 0 Å². The lowest BCUT2D eigenvalue weighted by Crippen LogP contribution is -2.43. The largest absolute Gasteiger partial charge is 0.480 e. The number of hydrogen-bond acceptors (Lipinski definition) is 5. The first-order valence-corrected chi connectivity index (χ1v) is 4.90. The molecule has 0 aromatic carbocycles. The average Bonchev–Trinajstić information content (AvgIpc) is 2.69. The lowest BCUT2D eigenvalue weighted by atomic mass is 10.1. The molecule has 2 atom stereocenters. The second kappa shape index (κ2) is 5.96. The molecular formula is C9H14N4O3. The molecule has 0 aliphatic carbocycles. The number of carboxylic acids is 1. The van der Waals surface area contributed by atoms with Crippen molar-refractivity contribution in [3.05, 3.63) is 0 Å². The maximum Gasteiger partial charge on any atom is 0.326 e. The molecule has 1 amide bonds. The second-order valence-corrected chi connectivity index (χ2v) is 3.36. The Labute approximate surface area is 92.5 Å². The number of carbonyl (C=O) groups excluding carboxylic acids is 1. The van der Waals surface area contributed by atoms with Gasteiger partial charge in [0, 0.05) is 25.6 Å². The van der Waals surface area contributed by atoms with Gasteiger partial charge < -0.3 is 16.2 Å². The normalized spacial score (nSPS) is 19.7. The third-order valence-corrected chi connectivity index (χ3v) is 2.06. The van der Waals surface area contributed by atoms with E-state index in [9.17, 15) is 9.59 Å². The zero-order chi connectivity index (χ0) is 12.0. The van der Waals surface area contributed by atoms with Crippen LogP contribution in [0.3, 0.4) is 0 Å². The van der Waals surface area contributed by atoms with Crippen molar-refractivity contribution in [2.45, 2.75) is 24.9 Å². The lowest BCUT2D eigenvalue weighted by Gasteiger charge is -2.15. The van der Waals surface area contributed by atoms with Gasteiger partial charge in [-0.05, 0) is 0 Å². The molecule has 1 heterocycles. The fourth-order valence-electron chi connectivity index (χ4n) is 1.28. The molecule has 0 aromatic rings. The molecule has 0 fully saturated rings. The number of rotatable bonds is 6. The molecule has 7 heteroatoms. The minimum absolute atomic E-state index is 0.117. The fourth-order valence-corrected chi connectivity index (χ4v) is 1.28. The van der Waals surface area contributed by atoms with Gasteiger partial charge >= 0.3 is 5.97 Å². The number of amides is 1. The SMILES string of the molecule is NCCC(=O)N[C@@H](C[C@H]1C=NC=N1)C(=O)O. The lowest BCUT2D eigenvalue weighted by molar-refractivity contribution is -0.142. The monoisotopic (exact) mass is 226 g/mol. The standard InChI is InChI=1S/C9H14N4O3/c10-2-1-8(14)13-7(9(15)16)3-6-4-11-5-12-6/h4-7H,1-3,10H2,(H,13,14)(H,15,16)/t6-,7-/m0/s1. The molecule has 1 aliphatic heterocycles. The molecule has 0 radical (unpaired) electrons. The Kier molecular flexibility index (Phi) is 4.59. The molecule has 0 saturated heterocycles. The Morgan fingerprint density at radius 2 is 2.31 bits per heavy atom. The van der Waals surface area contributed by atoms with Crippen LogP contribution in [-0.4, -0.2) is 48.2 Å². The first kappa shape index (κ1) is 12.3. The summed E-state index contributed by atoms with van der Waals surface area (Å²) in [6.45, 7) is 0.196. The van der Waals surface area contributed by atoms with E-state index >= 15 is 0 Å². The maximum absolute atomic E-state index is 11.2. The minimum atomic E-state index is -1.08. The van der Waals surface area contributed by atoms with Crippen molar-refractivity contribution in [2.24, 2.45) is 15.7 Å². The number of carbonyl (C=O) groups is 2. The van der Waals surface area contributed by atoms with Crippen LogP contribution in [0.5, 0.6) is 0 Å². The molecule has 0 bridgehead atoms. The van der Waals surface area contributed by atoms with Crippen LogP contribution in [0.1, 0.15) is 12.8 Å². The van der Waals surface area contributed by atoms with E-state index in [0.29, 0.717) is 0 Å². The summed E-state index contributed by atoms with van der Waals surface area (Å²) in [5.41, 5.74) is 5.19. The van der Waals surface area contributed by atoms with Crippen LogP contribution < -0.4 is 11.1 Å². The van der Waals surface area contributed by atoms with Gasteiger partial charge in [-0.3, -0.25) is 9.79 Å². The molecular weight excluding hydrogens is 212 g/mol. The molecule has 4 N–H and O–H groups in total. The molecule has 0 unspecified atom stereocenters. The molecule has 1 rings (SSSR count). The summed E-state index contributed by atoms with van der Waals surface area (Å²) in [5.74, 6) is -1.45. The third kappa shape index (κ3) is 3.77. The van der Waals surface area contributed by atoms with Crippen molar-refractivity contribution in [1.29, 1.82) is 0 Å². The fraction of sp³-hybridized carbons (Fsp3) is 0.556. The smallest absolute Gasteiger partial charge is 0.326 e. The molecule has 16 heavy (non-hydrogen) atoms. The number of aliphatic imine (C=N–C) groups is 2. The van der Waals surface area contributed by atoms with Crippen molar-refractivity contribution in [3.8, 4) is 0 Å². The zero-order valence-corrected chi connectivity index (χ0v) is 8.67. The highest BCUT2D eigenvalue weighted by atomic mass is 16.4. The number of nitrogens with one attached hydrogen (secondary N) is 1. The van der Waals surface area contributed by atoms with Crippen LogP contribution in [0.4, 0.5) is 0 Å². The number of aliphatic carboxylic acids is 1. The van der Waals surface area contributed by atoms with Gasteiger partial charge in [-0.2, -0.15) is 0 Å². The van der Waals surface area contributed by atoms with E-state index in [1.807, 2.05) is 0 Å². The van der Waals surface area contributed by atoms with Gasteiger partial charge in [0.1, 0.15) is 12.4 Å². The van der Waals surface area contributed by atoms with Crippen molar-refractivity contribution in [2.75, 3.05) is 6.54 Å². The number of hydrogen-bond donors (Lipinski definition) is 3.